The second-order valence-electron chi connectivity index (χ2n) is 7.48. The number of hydrogen-bond donors (Lipinski definition) is 2. The molecule has 160 valence electrons. The van der Waals surface area contributed by atoms with E-state index in [-0.39, 0.29) is 29.5 Å². The fourth-order valence-electron chi connectivity index (χ4n) is 2.92. The number of rotatable bonds is 6. The maximum atomic E-state index is 13.2. The molecule has 0 bridgehead atoms. The van der Waals surface area contributed by atoms with Gasteiger partial charge in [0, 0.05) is 6.20 Å². The Kier molecular flexibility index (Phi) is 5.27. The van der Waals surface area contributed by atoms with Crippen LogP contribution in [0.4, 0.5) is 8.78 Å². The minimum Gasteiger partial charge on any atom is -0.395 e. The maximum Gasteiger partial charge on any atom is 0.586 e. The van der Waals surface area contributed by atoms with E-state index in [1.165, 1.54) is 48.0 Å². The van der Waals surface area contributed by atoms with Crippen molar-refractivity contribution in [3.63, 3.8) is 0 Å². The lowest BCUT2D eigenvalue weighted by atomic mass is 9.87. The highest BCUT2D eigenvalue weighted by molar-refractivity contribution is 5.98. The van der Waals surface area contributed by atoms with E-state index < -0.39 is 29.2 Å². The van der Waals surface area contributed by atoms with Gasteiger partial charge in [-0.2, -0.15) is 0 Å². The van der Waals surface area contributed by atoms with Gasteiger partial charge in [-0.15, -0.1) is 8.78 Å². The minimum atomic E-state index is -3.74. The summed E-state index contributed by atoms with van der Waals surface area (Å²) >= 11 is 0. The number of ether oxygens (including phenoxy) is 2. The van der Waals surface area contributed by atoms with Gasteiger partial charge in [0.15, 0.2) is 11.5 Å². The van der Waals surface area contributed by atoms with Gasteiger partial charge in [0.25, 0.3) is 11.5 Å². The fraction of sp³-hybridized carbons (Fsp3) is 0.350. The van der Waals surface area contributed by atoms with Crippen LogP contribution in [-0.4, -0.2) is 28.2 Å². The number of amides is 2. The minimum absolute atomic E-state index is 0.000563. The SMILES string of the molecule is CC(C)[C@@](C)(NC(=O)c1cccn(Cc2ccc3c(c2)OC(F)(F)O3)c1=O)C(N)=O. The number of benzene rings is 1. The van der Waals surface area contributed by atoms with Crippen molar-refractivity contribution in [2.45, 2.75) is 39.1 Å². The second-order valence-corrected chi connectivity index (χ2v) is 7.48. The molecule has 3 rings (SSSR count). The number of nitrogens with one attached hydrogen (secondary N) is 1. The molecule has 0 saturated heterocycles. The highest BCUT2D eigenvalue weighted by Gasteiger charge is 2.43. The first-order valence-electron chi connectivity index (χ1n) is 9.13. The highest BCUT2D eigenvalue weighted by Crippen LogP contribution is 2.41. The van der Waals surface area contributed by atoms with E-state index >= 15 is 0 Å². The maximum absolute atomic E-state index is 13.2. The number of nitrogens with two attached hydrogens (primary N) is 1. The molecule has 0 fully saturated rings. The van der Waals surface area contributed by atoms with Crippen LogP contribution in [0.3, 0.4) is 0 Å². The number of alkyl halides is 2. The van der Waals surface area contributed by atoms with Crippen molar-refractivity contribution in [1.82, 2.24) is 9.88 Å². The first-order chi connectivity index (χ1) is 13.9. The molecule has 2 amide bonds. The Morgan fingerprint density at radius 1 is 1.23 bits per heavy atom. The predicted octanol–water partition coefficient (Wildman–Crippen LogP) is 1.85. The second kappa shape index (κ2) is 7.43. The van der Waals surface area contributed by atoms with E-state index in [1.54, 1.807) is 13.8 Å². The molecule has 0 spiro atoms. The van der Waals surface area contributed by atoms with E-state index in [9.17, 15) is 23.2 Å². The van der Waals surface area contributed by atoms with Crippen molar-refractivity contribution >= 4 is 11.8 Å². The van der Waals surface area contributed by atoms with Crippen molar-refractivity contribution in [2.75, 3.05) is 0 Å². The van der Waals surface area contributed by atoms with E-state index in [0.29, 0.717) is 5.56 Å². The number of pyridine rings is 1. The molecule has 0 radical (unpaired) electrons. The third kappa shape index (κ3) is 3.98. The number of fused-ring (bicyclic) bond motifs is 1. The Bertz CT molecular complexity index is 1070. The molecule has 2 heterocycles. The zero-order chi connectivity index (χ0) is 22.3. The molecular formula is C20H21F2N3O5. The first kappa shape index (κ1) is 21.3. The lowest BCUT2D eigenvalue weighted by Gasteiger charge is -2.31. The van der Waals surface area contributed by atoms with Gasteiger partial charge in [-0.3, -0.25) is 14.4 Å². The number of aromatic nitrogens is 1. The van der Waals surface area contributed by atoms with Crippen LogP contribution in [0.2, 0.25) is 0 Å². The van der Waals surface area contributed by atoms with Gasteiger partial charge in [0.2, 0.25) is 5.91 Å². The quantitative estimate of drug-likeness (QED) is 0.739. The standard InChI is InChI=1S/C20H21F2N3O5/c1-11(2)19(3,18(23)28)24-16(26)13-5-4-8-25(17(13)27)10-12-6-7-14-15(9-12)30-20(21,22)29-14/h4-9,11H,10H2,1-3H3,(H2,23,28)(H,24,26)/t19-/m1/s1. The number of carbonyl (C=O) groups is 2. The number of primary amides is 1. The highest BCUT2D eigenvalue weighted by atomic mass is 19.3. The van der Waals surface area contributed by atoms with Crippen LogP contribution < -0.4 is 26.1 Å². The summed E-state index contributed by atoms with van der Waals surface area (Å²) in [7, 11) is 0. The van der Waals surface area contributed by atoms with E-state index in [1.807, 2.05) is 0 Å². The van der Waals surface area contributed by atoms with Crippen LogP contribution in [-0.2, 0) is 11.3 Å². The Morgan fingerprint density at radius 2 is 1.90 bits per heavy atom. The summed E-state index contributed by atoms with van der Waals surface area (Å²) in [4.78, 5) is 37.3. The third-order valence-corrected chi connectivity index (χ3v) is 5.12. The van der Waals surface area contributed by atoms with Crippen molar-refractivity contribution in [1.29, 1.82) is 0 Å². The van der Waals surface area contributed by atoms with Crippen LogP contribution in [0, 0.1) is 5.92 Å². The molecule has 30 heavy (non-hydrogen) atoms. The van der Waals surface area contributed by atoms with Gasteiger partial charge in [-0.25, -0.2) is 0 Å². The van der Waals surface area contributed by atoms with Gasteiger partial charge in [0.05, 0.1) is 6.54 Å². The van der Waals surface area contributed by atoms with Gasteiger partial charge in [0.1, 0.15) is 11.1 Å². The van der Waals surface area contributed by atoms with Crippen LogP contribution >= 0.6 is 0 Å². The van der Waals surface area contributed by atoms with Gasteiger partial charge >= 0.3 is 6.29 Å². The molecular weight excluding hydrogens is 400 g/mol. The average molecular weight is 421 g/mol. The summed E-state index contributed by atoms with van der Waals surface area (Å²) in [6.07, 6.45) is -2.28. The lowest BCUT2D eigenvalue weighted by molar-refractivity contribution is -0.286. The van der Waals surface area contributed by atoms with Gasteiger partial charge in [-0.05, 0) is 42.7 Å². The van der Waals surface area contributed by atoms with E-state index in [4.69, 9.17) is 5.73 Å². The molecule has 0 unspecified atom stereocenters. The number of nitrogens with zero attached hydrogens (tertiary/aromatic N) is 1. The molecule has 0 saturated carbocycles. The molecule has 10 heteroatoms. The molecule has 0 aliphatic carbocycles. The monoisotopic (exact) mass is 421 g/mol. The van der Waals surface area contributed by atoms with Crippen LogP contribution in [0.25, 0.3) is 0 Å². The Balaban J connectivity index is 1.85. The molecule has 1 aromatic heterocycles. The summed E-state index contributed by atoms with van der Waals surface area (Å²) < 4.78 is 36.3. The van der Waals surface area contributed by atoms with Crippen LogP contribution in [0.15, 0.2) is 41.3 Å². The smallest absolute Gasteiger partial charge is 0.395 e. The topological polar surface area (TPSA) is 113 Å². The summed E-state index contributed by atoms with van der Waals surface area (Å²) in [5.41, 5.74) is 3.76. The molecule has 3 N–H and O–H groups in total. The average Bonchev–Trinajstić information content (AvgIpc) is 2.95. The predicted molar refractivity (Wildman–Crippen MR) is 102 cm³/mol. The Hall–Kier alpha value is -3.43. The fourth-order valence-corrected chi connectivity index (χ4v) is 2.92. The van der Waals surface area contributed by atoms with Gasteiger partial charge < -0.3 is 25.1 Å². The number of hydrogen-bond acceptors (Lipinski definition) is 5. The summed E-state index contributed by atoms with van der Waals surface area (Å²) in [5.74, 6) is -2.03. The molecule has 1 atom stereocenters. The zero-order valence-electron chi connectivity index (χ0n) is 16.6. The Labute approximate surface area is 170 Å². The Morgan fingerprint density at radius 3 is 2.53 bits per heavy atom. The zero-order valence-corrected chi connectivity index (χ0v) is 16.6. The summed E-state index contributed by atoms with van der Waals surface area (Å²) in [5, 5.41) is 2.54. The van der Waals surface area contributed by atoms with E-state index in [2.05, 4.69) is 14.8 Å². The molecule has 1 aliphatic heterocycles. The summed E-state index contributed by atoms with van der Waals surface area (Å²) in [6.45, 7) is 4.93. The largest absolute Gasteiger partial charge is 0.586 e. The van der Waals surface area contributed by atoms with Crippen molar-refractivity contribution in [3.05, 3.63) is 58.0 Å². The normalized spacial score (nSPS) is 16.2. The van der Waals surface area contributed by atoms with Crippen LogP contribution in [0.1, 0.15) is 36.7 Å². The molecule has 1 aliphatic rings. The molecule has 1 aromatic carbocycles. The van der Waals surface area contributed by atoms with Gasteiger partial charge in [-0.1, -0.05) is 19.9 Å². The summed E-state index contributed by atoms with van der Waals surface area (Å²) in [6, 6.07) is 6.97. The van der Waals surface area contributed by atoms with E-state index in [0.717, 1.165) is 0 Å². The molecule has 8 nitrogen and oxygen atoms in total. The first-order valence-corrected chi connectivity index (χ1v) is 9.13. The lowest BCUT2D eigenvalue weighted by Crippen LogP contribution is -2.59. The number of carbonyl (C=O) groups excluding carboxylic acids is 2. The van der Waals surface area contributed by atoms with Crippen LogP contribution in [0.5, 0.6) is 11.5 Å². The number of halogens is 2. The van der Waals surface area contributed by atoms with Crippen molar-refractivity contribution < 1.29 is 27.8 Å². The van der Waals surface area contributed by atoms with Crippen molar-refractivity contribution in [2.24, 2.45) is 11.7 Å². The third-order valence-electron chi connectivity index (χ3n) is 5.12. The molecule has 2 aromatic rings. The van der Waals surface area contributed by atoms with Crippen molar-refractivity contribution in [3.8, 4) is 11.5 Å².